The van der Waals surface area contributed by atoms with Gasteiger partial charge in [0, 0.05) is 25.4 Å². The quantitative estimate of drug-likeness (QED) is 0.643. The van der Waals surface area contributed by atoms with Gasteiger partial charge < -0.3 is 10.2 Å². The number of aryl methyl sites for hydroxylation is 1. The molecule has 0 atom stereocenters. The Balaban J connectivity index is 2.68. The summed E-state index contributed by atoms with van der Waals surface area (Å²) in [6.07, 6.45) is 7.72. The fraction of sp³-hybridized carbons (Fsp3) is 0.250. The molecule has 7 nitrogen and oxygen atoms in total. The molecular weight excluding hydrogens is 294 g/mol. The maximum absolute atomic E-state index is 11.8. The second-order valence-corrected chi connectivity index (χ2v) is 5.00. The van der Waals surface area contributed by atoms with E-state index in [0.29, 0.717) is 17.1 Å². The molecule has 1 aromatic heterocycles. The molecule has 0 bridgehead atoms. The van der Waals surface area contributed by atoms with Crippen LogP contribution in [-0.2, 0) is 4.79 Å². The Morgan fingerprint density at radius 3 is 2.43 bits per heavy atom. The molecule has 1 aromatic rings. The van der Waals surface area contributed by atoms with Crippen LogP contribution in [0.4, 0.5) is 10.6 Å². The highest BCUT2D eigenvalue weighted by Crippen LogP contribution is 2.03. The molecule has 0 unspecified atom stereocenters. The van der Waals surface area contributed by atoms with Crippen molar-refractivity contribution >= 4 is 17.8 Å². The second kappa shape index (κ2) is 8.47. The molecule has 0 fully saturated rings. The molecule has 0 saturated heterocycles. The van der Waals surface area contributed by atoms with E-state index in [1.165, 1.54) is 17.2 Å². The van der Waals surface area contributed by atoms with Gasteiger partial charge in [-0.05, 0) is 26.0 Å². The molecule has 0 saturated carbocycles. The Morgan fingerprint density at radius 2 is 1.91 bits per heavy atom. The van der Waals surface area contributed by atoms with Gasteiger partial charge in [-0.25, -0.2) is 9.78 Å². The zero-order valence-corrected chi connectivity index (χ0v) is 13.8. The Hall–Kier alpha value is -2.96. The number of nitrogens with zero attached hydrogens (tertiary/aromatic N) is 3. The van der Waals surface area contributed by atoms with Crippen molar-refractivity contribution in [3.8, 4) is 0 Å². The predicted octanol–water partition coefficient (Wildman–Crippen LogP) is 2.01. The predicted molar refractivity (Wildman–Crippen MR) is 89.7 cm³/mol. The van der Waals surface area contributed by atoms with Crippen molar-refractivity contribution in [3.63, 3.8) is 0 Å². The third-order valence-electron chi connectivity index (χ3n) is 2.72. The van der Waals surface area contributed by atoms with Crippen LogP contribution >= 0.6 is 0 Å². The molecule has 3 amide bonds. The lowest BCUT2D eigenvalue weighted by Gasteiger charge is -2.10. The number of hydrogen-bond donors (Lipinski definition) is 2. The summed E-state index contributed by atoms with van der Waals surface area (Å²) in [5.41, 5.74) is 1.76. The minimum atomic E-state index is -0.440. The Bertz CT molecular complexity index is 645. The lowest BCUT2D eigenvalue weighted by Crippen LogP contribution is -2.27. The summed E-state index contributed by atoms with van der Waals surface area (Å²) in [5.74, 6) is 0.189. The monoisotopic (exact) mass is 315 g/mol. The first kappa shape index (κ1) is 18.1. The van der Waals surface area contributed by atoms with Gasteiger partial charge in [0.05, 0.1) is 18.1 Å². The summed E-state index contributed by atoms with van der Waals surface area (Å²) in [7, 11) is 3.31. The maximum Gasteiger partial charge on any atom is 0.324 e. The topological polar surface area (TPSA) is 87.2 Å². The zero-order chi connectivity index (χ0) is 17.4. The summed E-state index contributed by atoms with van der Waals surface area (Å²) in [5, 5.41) is 5.19. The number of amides is 3. The molecule has 0 aliphatic heterocycles. The van der Waals surface area contributed by atoms with Crippen LogP contribution < -0.4 is 10.6 Å². The number of likely N-dealkylation sites (N-methyl/N-ethyl adjacent to an activating group) is 1. The Morgan fingerprint density at radius 1 is 1.22 bits per heavy atom. The number of carbonyl (C=O) groups excluding carboxylic acids is 2. The molecule has 0 aliphatic rings. The van der Waals surface area contributed by atoms with Crippen LogP contribution in [0.3, 0.4) is 0 Å². The van der Waals surface area contributed by atoms with Crippen LogP contribution in [0.1, 0.15) is 12.6 Å². The molecule has 122 valence electrons. The average Bonchev–Trinajstić information content (AvgIpc) is 2.49. The number of carbonyl (C=O) groups is 2. The van der Waals surface area contributed by atoms with E-state index in [-0.39, 0.29) is 5.91 Å². The van der Waals surface area contributed by atoms with Crippen LogP contribution in [0.2, 0.25) is 0 Å². The zero-order valence-electron chi connectivity index (χ0n) is 13.8. The molecule has 0 aromatic carbocycles. The van der Waals surface area contributed by atoms with Gasteiger partial charge in [0.25, 0.3) is 5.91 Å². The molecule has 23 heavy (non-hydrogen) atoms. The standard InChI is InChI=1S/C16H21N5O2/c1-6-13(15(22)21(4)5)8-7-11(2)19-16(23)20-14-10-17-12(3)9-18-14/h6-10H,1H2,2-5H3,(H2,18,19,20,23)/b11-7+,13-8+. The number of hydrogen-bond acceptors (Lipinski definition) is 4. The number of urea groups is 1. The van der Waals surface area contributed by atoms with E-state index in [4.69, 9.17) is 0 Å². The van der Waals surface area contributed by atoms with Crippen molar-refractivity contribution in [3.05, 3.63) is 54.2 Å². The van der Waals surface area contributed by atoms with E-state index < -0.39 is 6.03 Å². The highest BCUT2D eigenvalue weighted by molar-refractivity contribution is 5.96. The summed E-state index contributed by atoms with van der Waals surface area (Å²) < 4.78 is 0. The summed E-state index contributed by atoms with van der Waals surface area (Å²) in [4.78, 5) is 33.2. The molecule has 2 N–H and O–H groups in total. The van der Waals surface area contributed by atoms with E-state index in [0.717, 1.165) is 5.69 Å². The maximum atomic E-state index is 11.8. The van der Waals surface area contributed by atoms with Crippen molar-refractivity contribution in [2.24, 2.45) is 0 Å². The lowest BCUT2D eigenvalue weighted by molar-refractivity contribution is -0.124. The average molecular weight is 315 g/mol. The van der Waals surface area contributed by atoms with Crippen LogP contribution in [-0.4, -0.2) is 40.9 Å². The summed E-state index contributed by atoms with van der Waals surface area (Å²) in [6, 6.07) is -0.440. The van der Waals surface area contributed by atoms with E-state index in [2.05, 4.69) is 27.2 Å². The highest BCUT2D eigenvalue weighted by Gasteiger charge is 2.07. The third-order valence-corrected chi connectivity index (χ3v) is 2.72. The van der Waals surface area contributed by atoms with E-state index in [1.54, 1.807) is 39.4 Å². The fourth-order valence-electron chi connectivity index (χ4n) is 1.53. The van der Waals surface area contributed by atoms with E-state index >= 15 is 0 Å². The minimum Gasteiger partial charge on any atom is -0.345 e. The van der Waals surface area contributed by atoms with Crippen LogP contribution in [0.25, 0.3) is 0 Å². The number of anilines is 1. The van der Waals surface area contributed by atoms with Gasteiger partial charge in [-0.1, -0.05) is 12.7 Å². The van der Waals surface area contributed by atoms with Crippen LogP contribution in [0.5, 0.6) is 0 Å². The van der Waals surface area contributed by atoms with E-state index in [1.807, 2.05) is 6.92 Å². The lowest BCUT2D eigenvalue weighted by atomic mass is 10.2. The largest absolute Gasteiger partial charge is 0.345 e. The van der Waals surface area contributed by atoms with Gasteiger partial charge in [-0.15, -0.1) is 0 Å². The first-order valence-corrected chi connectivity index (χ1v) is 6.92. The van der Waals surface area contributed by atoms with Gasteiger partial charge in [0.2, 0.25) is 0 Å². The molecule has 1 rings (SSSR count). The first-order chi connectivity index (χ1) is 10.8. The van der Waals surface area contributed by atoms with Gasteiger partial charge in [0.1, 0.15) is 0 Å². The number of nitrogens with one attached hydrogen (secondary N) is 2. The molecule has 0 spiro atoms. The number of rotatable bonds is 5. The van der Waals surface area contributed by atoms with Crippen molar-refractivity contribution in [2.75, 3.05) is 19.4 Å². The summed E-state index contributed by atoms with van der Waals surface area (Å²) >= 11 is 0. The Labute approximate surface area is 135 Å². The van der Waals surface area contributed by atoms with Gasteiger partial charge >= 0.3 is 6.03 Å². The molecule has 1 heterocycles. The molecule has 7 heteroatoms. The summed E-state index contributed by atoms with van der Waals surface area (Å²) in [6.45, 7) is 7.12. The second-order valence-electron chi connectivity index (χ2n) is 5.00. The third kappa shape index (κ3) is 6.13. The van der Waals surface area contributed by atoms with Gasteiger partial charge in [-0.2, -0.15) is 0 Å². The SMILES string of the molecule is C=C/C(=C\C=C(/C)NC(=O)Nc1cnc(C)cn1)C(=O)N(C)C. The first-order valence-electron chi connectivity index (χ1n) is 6.92. The van der Waals surface area contributed by atoms with Crippen molar-refractivity contribution in [1.82, 2.24) is 20.2 Å². The molecule has 0 aliphatic carbocycles. The molecule has 0 radical (unpaired) electrons. The van der Waals surface area contributed by atoms with Crippen LogP contribution in [0, 0.1) is 6.92 Å². The number of allylic oxidation sites excluding steroid dienone is 3. The smallest absolute Gasteiger partial charge is 0.324 e. The van der Waals surface area contributed by atoms with Crippen molar-refractivity contribution in [1.29, 1.82) is 0 Å². The van der Waals surface area contributed by atoms with Gasteiger partial charge in [-0.3, -0.25) is 15.1 Å². The fourth-order valence-corrected chi connectivity index (χ4v) is 1.53. The Kier molecular flexibility index (Phi) is 6.67. The normalized spacial score (nSPS) is 11.7. The van der Waals surface area contributed by atoms with E-state index in [9.17, 15) is 9.59 Å². The van der Waals surface area contributed by atoms with Crippen LogP contribution in [0.15, 0.2) is 48.5 Å². The molecular formula is C16H21N5O2. The minimum absolute atomic E-state index is 0.163. The van der Waals surface area contributed by atoms with Crippen molar-refractivity contribution in [2.45, 2.75) is 13.8 Å². The van der Waals surface area contributed by atoms with Gasteiger partial charge in [0.15, 0.2) is 5.82 Å². The number of aromatic nitrogens is 2. The van der Waals surface area contributed by atoms with Crippen molar-refractivity contribution < 1.29 is 9.59 Å². The highest BCUT2D eigenvalue weighted by atomic mass is 16.2.